The van der Waals surface area contributed by atoms with Crippen molar-refractivity contribution in [1.82, 2.24) is 9.55 Å². The van der Waals surface area contributed by atoms with Gasteiger partial charge >= 0.3 is 0 Å². The zero-order chi connectivity index (χ0) is 15.2. The fourth-order valence-corrected chi connectivity index (χ4v) is 2.59. The number of nitrogen functional groups attached to an aromatic ring is 1. The smallest absolute Gasteiger partial charge is 0.205 e. The molecule has 0 fully saturated rings. The van der Waals surface area contributed by atoms with Crippen LogP contribution in [-0.4, -0.2) is 9.55 Å². The Balaban J connectivity index is 2.16. The van der Waals surface area contributed by atoms with Gasteiger partial charge in [0.05, 0.1) is 11.0 Å². The van der Waals surface area contributed by atoms with Crippen molar-refractivity contribution in [1.29, 1.82) is 0 Å². The molecule has 108 valence electrons. The molecule has 0 atom stereocenters. The molecule has 21 heavy (non-hydrogen) atoms. The van der Waals surface area contributed by atoms with Gasteiger partial charge in [-0.05, 0) is 47.7 Å². The second kappa shape index (κ2) is 4.62. The van der Waals surface area contributed by atoms with Gasteiger partial charge in [0.15, 0.2) is 0 Å². The van der Waals surface area contributed by atoms with E-state index in [4.69, 9.17) is 5.73 Å². The second-order valence-corrected chi connectivity index (χ2v) is 6.59. The summed E-state index contributed by atoms with van der Waals surface area (Å²) in [6.45, 7) is 8.72. The fraction of sp³-hybridized carbons (Fsp3) is 0.278. The first kappa shape index (κ1) is 13.7. The Morgan fingerprint density at radius 2 is 1.67 bits per heavy atom. The van der Waals surface area contributed by atoms with Crippen molar-refractivity contribution in [2.24, 2.45) is 0 Å². The first-order valence-electron chi connectivity index (χ1n) is 7.22. The zero-order valence-corrected chi connectivity index (χ0v) is 13.0. The summed E-state index contributed by atoms with van der Waals surface area (Å²) in [5, 5.41) is 0. The molecule has 0 aliphatic rings. The highest BCUT2D eigenvalue weighted by Crippen LogP contribution is 2.27. The summed E-state index contributed by atoms with van der Waals surface area (Å²) in [6, 6.07) is 14.7. The Morgan fingerprint density at radius 1 is 1.00 bits per heavy atom. The summed E-state index contributed by atoms with van der Waals surface area (Å²) in [5.41, 5.74) is 11.8. The molecule has 0 bridgehead atoms. The topological polar surface area (TPSA) is 43.8 Å². The van der Waals surface area contributed by atoms with Crippen molar-refractivity contribution in [2.75, 3.05) is 5.73 Å². The lowest BCUT2D eigenvalue weighted by atomic mass is 9.87. The fourth-order valence-electron chi connectivity index (χ4n) is 2.59. The Labute approximate surface area is 125 Å². The van der Waals surface area contributed by atoms with E-state index < -0.39 is 0 Å². The molecule has 2 N–H and O–H groups in total. The van der Waals surface area contributed by atoms with Crippen LogP contribution in [0, 0.1) is 6.92 Å². The van der Waals surface area contributed by atoms with E-state index in [-0.39, 0.29) is 5.41 Å². The van der Waals surface area contributed by atoms with Crippen molar-refractivity contribution < 1.29 is 0 Å². The number of nitrogens with zero attached hydrogens (tertiary/aromatic N) is 2. The highest BCUT2D eigenvalue weighted by Gasteiger charge is 2.14. The average Bonchev–Trinajstić information content (AvgIpc) is 2.73. The Bertz CT molecular complexity index is 790. The summed E-state index contributed by atoms with van der Waals surface area (Å²) in [6.07, 6.45) is 0. The van der Waals surface area contributed by atoms with Crippen LogP contribution in [0.4, 0.5) is 5.95 Å². The molecule has 3 rings (SSSR count). The number of hydrogen-bond acceptors (Lipinski definition) is 2. The minimum Gasteiger partial charge on any atom is -0.369 e. The van der Waals surface area contributed by atoms with Crippen molar-refractivity contribution in [3.05, 3.63) is 53.6 Å². The number of aryl methyl sites for hydroxylation is 1. The monoisotopic (exact) mass is 279 g/mol. The number of aromatic nitrogens is 2. The summed E-state index contributed by atoms with van der Waals surface area (Å²) >= 11 is 0. The lowest BCUT2D eigenvalue weighted by molar-refractivity contribution is 0.590. The summed E-state index contributed by atoms with van der Waals surface area (Å²) in [5.74, 6) is 0.527. The third-order valence-electron chi connectivity index (χ3n) is 3.83. The zero-order valence-electron chi connectivity index (χ0n) is 13.0. The van der Waals surface area contributed by atoms with Crippen LogP contribution in [0.2, 0.25) is 0 Å². The minimum absolute atomic E-state index is 0.150. The van der Waals surface area contributed by atoms with Gasteiger partial charge in [-0.1, -0.05) is 39.0 Å². The van der Waals surface area contributed by atoms with Crippen LogP contribution in [-0.2, 0) is 5.41 Å². The molecule has 0 amide bonds. The molecule has 0 spiro atoms. The summed E-state index contributed by atoms with van der Waals surface area (Å²) in [7, 11) is 0. The van der Waals surface area contributed by atoms with E-state index in [1.165, 1.54) is 11.1 Å². The molecule has 0 saturated heterocycles. The third kappa shape index (κ3) is 2.40. The van der Waals surface area contributed by atoms with E-state index >= 15 is 0 Å². The van der Waals surface area contributed by atoms with Crippen molar-refractivity contribution in [3.63, 3.8) is 0 Å². The predicted molar refractivity (Wildman–Crippen MR) is 88.9 cm³/mol. The Kier molecular flexibility index (Phi) is 3.01. The van der Waals surface area contributed by atoms with Gasteiger partial charge in [0.25, 0.3) is 0 Å². The SMILES string of the molecule is Cc1ccc2nc(N)n(-c3ccc(C(C)(C)C)cc3)c2c1. The van der Waals surface area contributed by atoms with E-state index in [0.717, 1.165) is 16.7 Å². The first-order valence-corrected chi connectivity index (χ1v) is 7.22. The Hall–Kier alpha value is -2.29. The average molecular weight is 279 g/mol. The van der Waals surface area contributed by atoms with E-state index in [0.29, 0.717) is 5.95 Å². The molecule has 0 radical (unpaired) electrons. The lowest BCUT2D eigenvalue weighted by Crippen LogP contribution is -2.11. The van der Waals surface area contributed by atoms with Gasteiger partial charge < -0.3 is 5.73 Å². The van der Waals surface area contributed by atoms with Gasteiger partial charge in [-0.15, -0.1) is 0 Å². The highest BCUT2D eigenvalue weighted by atomic mass is 15.2. The molecule has 2 aromatic carbocycles. The lowest BCUT2D eigenvalue weighted by Gasteiger charge is -2.19. The van der Waals surface area contributed by atoms with E-state index in [9.17, 15) is 0 Å². The number of fused-ring (bicyclic) bond motifs is 1. The number of rotatable bonds is 1. The maximum Gasteiger partial charge on any atom is 0.205 e. The van der Waals surface area contributed by atoms with Crippen molar-refractivity contribution >= 4 is 17.0 Å². The molecule has 0 aliphatic heterocycles. The predicted octanol–water partition coefficient (Wildman–Crippen LogP) is 4.21. The van der Waals surface area contributed by atoms with Crippen LogP contribution in [0.1, 0.15) is 31.9 Å². The summed E-state index contributed by atoms with van der Waals surface area (Å²) < 4.78 is 2.01. The van der Waals surface area contributed by atoms with Gasteiger partial charge in [-0.2, -0.15) is 0 Å². The maximum absolute atomic E-state index is 6.11. The quantitative estimate of drug-likeness (QED) is 0.725. The molecule has 1 aromatic heterocycles. The van der Waals surface area contributed by atoms with Crippen LogP contribution in [0.5, 0.6) is 0 Å². The van der Waals surface area contributed by atoms with Gasteiger partial charge in [0, 0.05) is 5.69 Å². The standard InChI is InChI=1S/C18H21N3/c1-12-5-10-15-16(11-12)21(17(19)20-15)14-8-6-13(7-9-14)18(2,3)4/h5-11H,1-4H3,(H2,19,20). The number of hydrogen-bond donors (Lipinski definition) is 1. The maximum atomic E-state index is 6.11. The van der Waals surface area contributed by atoms with Crippen LogP contribution in [0.3, 0.4) is 0 Å². The number of benzene rings is 2. The molecular formula is C18H21N3. The van der Waals surface area contributed by atoms with Crippen LogP contribution < -0.4 is 5.73 Å². The van der Waals surface area contributed by atoms with E-state index in [1.54, 1.807) is 0 Å². The second-order valence-electron chi connectivity index (χ2n) is 6.59. The van der Waals surface area contributed by atoms with E-state index in [2.05, 4.69) is 69.1 Å². The number of anilines is 1. The largest absolute Gasteiger partial charge is 0.369 e. The number of nitrogens with two attached hydrogens (primary N) is 1. The molecule has 1 heterocycles. The van der Waals surface area contributed by atoms with Crippen LogP contribution in [0.15, 0.2) is 42.5 Å². The molecule has 3 aromatic rings. The van der Waals surface area contributed by atoms with Crippen LogP contribution in [0.25, 0.3) is 16.7 Å². The van der Waals surface area contributed by atoms with E-state index in [1.807, 2.05) is 10.6 Å². The van der Waals surface area contributed by atoms with Crippen molar-refractivity contribution in [3.8, 4) is 5.69 Å². The van der Waals surface area contributed by atoms with Gasteiger partial charge in [0.2, 0.25) is 5.95 Å². The van der Waals surface area contributed by atoms with Crippen molar-refractivity contribution in [2.45, 2.75) is 33.1 Å². The molecule has 0 unspecified atom stereocenters. The molecule has 3 nitrogen and oxygen atoms in total. The summed E-state index contributed by atoms with van der Waals surface area (Å²) in [4.78, 5) is 4.44. The minimum atomic E-state index is 0.150. The number of imidazole rings is 1. The highest BCUT2D eigenvalue weighted by molar-refractivity contribution is 5.81. The third-order valence-corrected chi connectivity index (χ3v) is 3.83. The Morgan fingerprint density at radius 3 is 2.29 bits per heavy atom. The molecule has 0 saturated carbocycles. The normalized spacial score (nSPS) is 12.0. The molecular weight excluding hydrogens is 258 g/mol. The molecule has 0 aliphatic carbocycles. The van der Waals surface area contributed by atoms with Crippen LogP contribution >= 0.6 is 0 Å². The molecule has 3 heteroatoms. The van der Waals surface area contributed by atoms with Gasteiger partial charge in [-0.25, -0.2) is 4.98 Å². The first-order chi connectivity index (χ1) is 9.86. The van der Waals surface area contributed by atoms with Gasteiger partial charge in [-0.3, -0.25) is 4.57 Å². The van der Waals surface area contributed by atoms with Gasteiger partial charge in [0.1, 0.15) is 0 Å².